The van der Waals surface area contributed by atoms with Crippen molar-refractivity contribution < 1.29 is 29.1 Å². The number of carbonyl (C=O) groups excluding carboxylic acids is 4. The third kappa shape index (κ3) is 5.22. The Bertz CT molecular complexity index is 1440. The Morgan fingerprint density at radius 3 is 2.38 bits per heavy atom. The number of fused-ring (bicyclic) bond motifs is 1. The third-order valence-electron chi connectivity index (χ3n) is 8.98. The van der Waals surface area contributed by atoms with E-state index in [1.54, 1.807) is 24.3 Å². The summed E-state index contributed by atoms with van der Waals surface area (Å²) in [6.07, 6.45) is 3.72. The molecule has 0 spiro atoms. The molecule has 6 rings (SSSR count). The predicted molar refractivity (Wildman–Crippen MR) is 152 cm³/mol. The van der Waals surface area contributed by atoms with Crippen LogP contribution >= 0.6 is 0 Å². The van der Waals surface area contributed by atoms with Crippen molar-refractivity contribution in [1.82, 2.24) is 20.1 Å². The number of nitrogens with zero attached hydrogens (tertiary/aromatic N) is 5. The minimum absolute atomic E-state index is 0.0932. The van der Waals surface area contributed by atoms with Gasteiger partial charge < -0.3 is 14.9 Å². The molecule has 4 amide bonds. The molecule has 1 aromatic heterocycles. The fourth-order valence-electron chi connectivity index (χ4n) is 6.53. The zero-order chi connectivity index (χ0) is 29.5. The summed E-state index contributed by atoms with van der Waals surface area (Å²) in [7, 11) is 0. The first-order valence-electron chi connectivity index (χ1n) is 14.5. The normalized spacial score (nSPS) is 23.8. The predicted octanol–water partition coefficient (Wildman–Crippen LogP) is 1.61. The lowest BCUT2D eigenvalue weighted by atomic mass is 9.95. The quantitative estimate of drug-likeness (QED) is 0.489. The number of aromatic carboxylic acids is 1. The SMILES string of the molecule is CC1CN(c2ccc3c(c2)C(=O)N(C2CCC(=O)NC2=O)C3=O)CCN1CC1CCN(c2ccc(C(=O)O)cn2)CC1. The van der Waals surface area contributed by atoms with Crippen molar-refractivity contribution in [3.8, 4) is 0 Å². The highest BCUT2D eigenvalue weighted by molar-refractivity contribution is 6.23. The molecule has 2 aromatic rings. The summed E-state index contributed by atoms with van der Waals surface area (Å²) in [6, 6.07) is 8.01. The van der Waals surface area contributed by atoms with Crippen molar-refractivity contribution >= 4 is 41.1 Å². The first-order valence-corrected chi connectivity index (χ1v) is 14.5. The number of piperazine rings is 1. The Balaban J connectivity index is 1.04. The number of piperidine rings is 2. The maximum atomic E-state index is 13.2. The van der Waals surface area contributed by atoms with Crippen LogP contribution in [0.25, 0.3) is 0 Å². The lowest BCUT2D eigenvalue weighted by molar-refractivity contribution is -0.136. The molecule has 2 N–H and O–H groups in total. The number of rotatable bonds is 6. The zero-order valence-corrected chi connectivity index (χ0v) is 23.5. The smallest absolute Gasteiger partial charge is 0.337 e. The van der Waals surface area contributed by atoms with E-state index in [-0.39, 0.29) is 18.4 Å². The summed E-state index contributed by atoms with van der Waals surface area (Å²) in [6.45, 7) is 7.45. The lowest BCUT2D eigenvalue weighted by Gasteiger charge is -2.43. The fraction of sp³-hybridized carbons (Fsp3) is 0.467. The summed E-state index contributed by atoms with van der Waals surface area (Å²) in [5, 5.41) is 11.3. The van der Waals surface area contributed by atoms with E-state index < -0.39 is 35.6 Å². The standard InChI is InChI=1S/C30H34N6O6/c1-18-16-35(13-12-34(18)17-19-8-10-33(11-9-19)25-6-2-20(15-31-25)30(41)42)21-3-4-22-23(14-21)29(40)36(28(22)39)24-5-7-26(37)32-27(24)38/h2-4,6,14-15,18-19,24H,5,7-13,16-17H2,1H3,(H,41,42)(H,32,37,38). The highest BCUT2D eigenvalue weighted by Gasteiger charge is 2.45. The summed E-state index contributed by atoms with van der Waals surface area (Å²) in [5.41, 5.74) is 1.66. The second-order valence-corrected chi connectivity index (χ2v) is 11.6. The van der Waals surface area contributed by atoms with Crippen molar-refractivity contribution in [3.63, 3.8) is 0 Å². The number of aromatic nitrogens is 1. The first kappa shape index (κ1) is 27.8. The molecule has 2 atom stereocenters. The average molecular weight is 575 g/mol. The molecule has 42 heavy (non-hydrogen) atoms. The molecule has 1 aromatic carbocycles. The van der Waals surface area contributed by atoms with Crippen LogP contribution in [0.1, 0.15) is 63.7 Å². The van der Waals surface area contributed by atoms with Crippen LogP contribution in [0, 0.1) is 5.92 Å². The maximum absolute atomic E-state index is 13.2. The fourth-order valence-corrected chi connectivity index (χ4v) is 6.53. The van der Waals surface area contributed by atoms with Crippen LogP contribution in [-0.4, -0.2) is 101 Å². The van der Waals surface area contributed by atoms with Gasteiger partial charge in [-0.1, -0.05) is 0 Å². The van der Waals surface area contributed by atoms with E-state index in [1.807, 2.05) is 6.07 Å². The zero-order valence-electron chi connectivity index (χ0n) is 23.5. The van der Waals surface area contributed by atoms with Crippen LogP contribution in [0.2, 0.25) is 0 Å². The van der Waals surface area contributed by atoms with Gasteiger partial charge in [0, 0.05) is 63.6 Å². The Kier molecular flexibility index (Phi) is 7.40. The van der Waals surface area contributed by atoms with E-state index in [1.165, 1.54) is 6.20 Å². The van der Waals surface area contributed by atoms with Crippen molar-refractivity contribution in [2.75, 3.05) is 49.1 Å². The van der Waals surface area contributed by atoms with Gasteiger partial charge in [0.15, 0.2) is 0 Å². The van der Waals surface area contributed by atoms with Gasteiger partial charge in [-0.15, -0.1) is 0 Å². The number of carbonyl (C=O) groups is 5. The highest BCUT2D eigenvalue weighted by atomic mass is 16.4. The van der Waals surface area contributed by atoms with Gasteiger partial charge in [-0.05, 0) is 62.4 Å². The Morgan fingerprint density at radius 2 is 1.71 bits per heavy atom. The summed E-state index contributed by atoms with van der Waals surface area (Å²) in [5.74, 6) is -1.58. The van der Waals surface area contributed by atoms with E-state index in [0.717, 1.165) is 68.5 Å². The molecule has 12 nitrogen and oxygen atoms in total. The summed E-state index contributed by atoms with van der Waals surface area (Å²) >= 11 is 0. The number of carboxylic acid groups (broad SMARTS) is 1. The van der Waals surface area contributed by atoms with Crippen LogP contribution < -0.4 is 15.1 Å². The number of benzene rings is 1. The van der Waals surface area contributed by atoms with E-state index in [4.69, 9.17) is 5.11 Å². The highest BCUT2D eigenvalue weighted by Crippen LogP contribution is 2.32. The van der Waals surface area contributed by atoms with Gasteiger partial charge in [0.05, 0.1) is 16.7 Å². The monoisotopic (exact) mass is 574 g/mol. The van der Waals surface area contributed by atoms with Gasteiger partial charge in [-0.25, -0.2) is 9.78 Å². The molecule has 2 unspecified atom stereocenters. The number of anilines is 2. The third-order valence-corrected chi connectivity index (χ3v) is 8.98. The van der Waals surface area contributed by atoms with Crippen LogP contribution in [0.4, 0.5) is 11.5 Å². The molecule has 0 radical (unpaired) electrons. The second kappa shape index (κ2) is 11.2. The van der Waals surface area contributed by atoms with Crippen LogP contribution in [0.15, 0.2) is 36.5 Å². The Labute approximate surface area is 243 Å². The number of imide groups is 2. The minimum atomic E-state index is -0.974. The second-order valence-electron chi connectivity index (χ2n) is 11.6. The van der Waals surface area contributed by atoms with E-state index in [2.05, 4.69) is 31.9 Å². The molecular formula is C30H34N6O6. The molecule has 0 saturated carbocycles. The molecule has 0 bridgehead atoms. The molecule has 220 valence electrons. The lowest BCUT2D eigenvalue weighted by Crippen LogP contribution is -2.54. The minimum Gasteiger partial charge on any atom is -0.478 e. The summed E-state index contributed by atoms with van der Waals surface area (Å²) < 4.78 is 0. The average Bonchev–Trinajstić information content (AvgIpc) is 3.23. The number of amides is 4. The van der Waals surface area contributed by atoms with Crippen molar-refractivity contribution in [2.45, 2.75) is 44.7 Å². The molecule has 5 heterocycles. The van der Waals surface area contributed by atoms with Crippen molar-refractivity contribution in [2.24, 2.45) is 5.92 Å². The number of hydrogen-bond acceptors (Lipinski definition) is 9. The maximum Gasteiger partial charge on any atom is 0.337 e. The topological polar surface area (TPSA) is 143 Å². The molecule has 3 saturated heterocycles. The number of hydrogen-bond donors (Lipinski definition) is 2. The van der Waals surface area contributed by atoms with Crippen LogP contribution in [-0.2, 0) is 9.59 Å². The van der Waals surface area contributed by atoms with Gasteiger partial charge in [-0.2, -0.15) is 0 Å². The van der Waals surface area contributed by atoms with Crippen molar-refractivity contribution in [1.29, 1.82) is 0 Å². The van der Waals surface area contributed by atoms with Gasteiger partial charge >= 0.3 is 5.97 Å². The van der Waals surface area contributed by atoms with E-state index >= 15 is 0 Å². The molecule has 4 aliphatic rings. The summed E-state index contributed by atoms with van der Waals surface area (Å²) in [4.78, 5) is 73.6. The molecular weight excluding hydrogens is 540 g/mol. The van der Waals surface area contributed by atoms with Gasteiger partial charge in [0.1, 0.15) is 11.9 Å². The van der Waals surface area contributed by atoms with Crippen molar-refractivity contribution in [3.05, 3.63) is 53.2 Å². The Hall–Kier alpha value is -4.32. The van der Waals surface area contributed by atoms with Crippen LogP contribution in [0.3, 0.4) is 0 Å². The van der Waals surface area contributed by atoms with E-state index in [9.17, 15) is 24.0 Å². The Morgan fingerprint density at radius 1 is 0.952 bits per heavy atom. The molecule has 0 aliphatic carbocycles. The molecule has 4 aliphatic heterocycles. The largest absolute Gasteiger partial charge is 0.478 e. The van der Waals surface area contributed by atoms with Gasteiger partial charge in [0.25, 0.3) is 11.8 Å². The first-order chi connectivity index (χ1) is 20.2. The van der Waals surface area contributed by atoms with Crippen LogP contribution in [0.5, 0.6) is 0 Å². The number of nitrogens with one attached hydrogen (secondary N) is 1. The number of carboxylic acids is 1. The number of pyridine rings is 1. The van der Waals surface area contributed by atoms with Gasteiger partial charge in [-0.3, -0.25) is 34.3 Å². The van der Waals surface area contributed by atoms with E-state index in [0.29, 0.717) is 23.1 Å². The molecule has 12 heteroatoms. The van der Waals surface area contributed by atoms with Gasteiger partial charge in [0.2, 0.25) is 11.8 Å². The molecule has 3 fully saturated rings.